The minimum Gasteiger partial charge on any atom is -0.457 e. The van der Waals surface area contributed by atoms with Crippen LogP contribution in [0.3, 0.4) is 0 Å². The first-order valence-corrected chi connectivity index (χ1v) is 14.1. The molecule has 0 atom stereocenters. The molecule has 3 heteroatoms. The molecule has 0 aliphatic rings. The Morgan fingerprint density at radius 3 is 0.932 bits per heavy atom. The van der Waals surface area contributed by atoms with Crippen LogP contribution in [0, 0.1) is 23.7 Å². The average Bonchev–Trinajstić information content (AvgIpc) is 3.09. The standard InChI is InChI=1S/C41H26O3/c42-41(35-19-27-39(28-20-35)43-37-23-15-33(16-24-37)13-11-31-7-3-1-4-8-31)36-21-29-40(30-22-36)44-38-25-17-34(18-26-38)14-12-32-9-5-2-6-10-32/h1-10,15-30H. The lowest BCUT2D eigenvalue weighted by atomic mass is 10.0. The van der Waals surface area contributed by atoms with Crippen molar-refractivity contribution in [2.75, 3.05) is 0 Å². The lowest BCUT2D eigenvalue weighted by Gasteiger charge is -2.08. The van der Waals surface area contributed by atoms with Gasteiger partial charge in [0.05, 0.1) is 0 Å². The Bertz CT molecular complexity index is 1820. The molecule has 0 N–H and O–H groups in total. The molecule has 0 aromatic heterocycles. The predicted octanol–water partition coefficient (Wildman–Crippen LogP) is 9.30. The van der Waals surface area contributed by atoms with Gasteiger partial charge in [0.15, 0.2) is 5.78 Å². The second-order valence-corrected chi connectivity index (χ2v) is 9.86. The minimum atomic E-state index is -0.0780. The third-order valence-corrected chi connectivity index (χ3v) is 6.66. The smallest absolute Gasteiger partial charge is 0.193 e. The molecule has 6 aromatic carbocycles. The monoisotopic (exact) mass is 566 g/mol. The summed E-state index contributed by atoms with van der Waals surface area (Å²) in [6.07, 6.45) is 0. The Balaban J connectivity index is 1.03. The first-order chi connectivity index (χ1) is 21.7. The van der Waals surface area contributed by atoms with Crippen LogP contribution in [-0.4, -0.2) is 5.78 Å². The summed E-state index contributed by atoms with van der Waals surface area (Å²) in [7, 11) is 0. The highest BCUT2D eigenvalue weighted by Crippen LogP contribution is 2.25. The van der Waals surface area contributed by atoms with Gasteiger partial charge >= 0.3 is 0 Å². The summed E-state index contributed by atoms with van der Waals surface area (Å²) in [6, 6.07) is 49.2. The first kappa shape index (κ1) is 27.9. The molecule has 0 fully saturated rings. The largest absolute Gasteiger partial charge is 0.457 e. The van der Waals surface area contributed by atoms with E-state index in [0.29, 0.717) is 34.1 Å². The molecule has 0 amide bonds. The lowest BCUT2D eigenvalue weighted by Crippen LogP contribution is -2.01. The molecule has 208 valence electrons. The van der Waals surface area contributed by atoms with Crippen LogP contribution in [0.15, 0.2) is 158 Å². The average molecular weight is 567 g/mol. The van der Waals surface area contributed by atoms with Crippen molar-refractivity contribution in [3.63, 3.8) is 0 Å². The van der Waals surface area contributed by atoms with Gasteiger partial charge in [0.2, 0.25) is 0 Å². The third-order valence-electron chi connectivity index (χ3n) is 6.66. The van der Waals surface area contributed by atoms with Gasteiger partial charge in [-0.25, -0.2) is 0 Å². The normalized spacial score (nSPS) is 10.0. The van der Waals surface area contributed by atoms with E-state index in [1.807, 2.05) is 109 Å². The minimum absolute atomic E-state index is 0.0780. The maximum absolute atomic E-state index is 13.1. The number of carbonyl (C=O) groups excluding carboxylic acids is 1. The summed E-state index contributed by atoms with van der Waals surface area (Å²) in [5.41, 5.74) is 4.90. The molecular formula is C41H26O3. The Labute approximate surface area is 257 Å². The van der Waals surface area contributed by atoms with E-state index in [2.05, 4.69) is 23.7 Å². The highest BCUT2D eigenvalue weighted by molar-refractivity contribution is 6.09. The number of ether oxygens (including phenoxy) is 2. The van der Waals surface area contributed by atoms with Crippen molar-refractivity contribution in [1.29, 1.82) is 0 Å². The Morgan fingerprint density at radius 2 is 0.614 bits per heavy atom. The molecule has 0 radical (unpaired) electrons. The van der Waals surface area contributed by atoms with Crippen LogP contribution < -0.4 is 9.47 Å². The second kappa shape index (κ2) is 13.6. The summed E-state index contributed by atoms with van der Waals surface area (Å²) in [5.74, 6) is 15.2. The van der Waals surface area contributed by atoms with Gasteiger partial charge in [-0.3, -0.25) is 4.79 Å². The molecule has 0 heterocycles. The van der Waals surface area contributed by atoms with E-state index in [1.165, 1.54) is 0 Å². The summed E-state index contributed by atoms with van der Waals surface area (Å²) < 4.78 is 11.9. The predicted molar refractivity (Wildman–Crippen MR) is 174 cm³/mol. The molecule has 0 bridgehead atoms. The second-order valence-electron chi connectivity index (χ2n) is 9.86. The van der Waals surface area contributed by atoms with Gasteiger partial charge in [0.1, 0.15) is 23.0 Å². The van der Waals surface area contributed by atoms with Crippen LogP contribution in [0.25, 0.3) is 0 Å². The molecular weight excluding hydrogens is 540 g/mol. The van der Waals surface area contributed by atoms with E-state index in [1.54, 1.807) is 48.5 Å². The van der Waals surface area contributed by atoms with E-state index in [0.717, 1.165) is 22.3 Å². The summed E-state index contributed by atoms with van der Waals surface area (Å²) in [5, 5.41) is 0. The van der Waals surface area contributed by atoms with Crippen LogP contribution in [0.2, 0.25) is 0 Å². The first-order valence-electron chi connectivity index (χ1n) is 14.1. The van der Waals surface area contributed by atoms with Crippen LogP contribution in [0.5, 0.6) is 23.0 Å². The molecule has 6 aromatic rings. The van der Waals surface area contributed by atoms with Crippen LogP contribution in [0.4, 0.5) is 0 Å². The Hall–Kier alpha value is -6.29. The van der Waals surface area contributed by atoms with Gasteiger partial charge in [0, 0.05) is 33.4 Å². The van der Waals surface area contributed by atoms with Crippen molar-refractivity contribution in [3.05, 3.63) is 191 Å². The molecule has 0 saturated carbocycles. The van der Waals surface area contributed by atoms with Crippen molar-refractivity contribution in [2.45, 2.75) is 0 Å². The highest BCUT2D eigenvalue weighted by atomic mass is 16.5. The summed E-state index contributed by atoms with van der Waals surface area (Å²) >= 11 is 0. The number of carbonyl (C=O) groups is 1. The molecule has 3 nitrogen and oxygen atoms in total. The number of rotatable bonds is 6. The summed E-state index contributed by atoms with van der Waals surface area (Å²) in [6.45, 7) is 0. The van der Waals surface area contributed by atoms with Crippen molar-refractivity contribution in [3.8, 4) is 46.7 Å². The molecule has 0 aliphatic carbocycles. The van der Waals surface area contributed by atoms with E-state index in [9.17, 15) is 4.79 Å². The van der Waals surface area contributed by atoms with Gasteiger partial charge in [-0.2, -0.15) is 0 Å². The van der Waals surface area contributed by atoms with Gasteiger partial charge < -0.3 is 9.47 Å². The summed E-state index contributed by atoms with van der Waals surface area (Å²) in [4.78, 5) is 13.1. The van der Waals surface area contributed by atoms with E-state index in [-0.39, 0.29) is 5.78 Å². The van der Waals surface area contributed by atoms with Crippen molar-refractivity contribution in [1.82, 2.24) is 0 Å². The third kappa shape index (κ3) is 7.51. The SMILES string of the molecule is O=C(c1ccc(Oc2ccc(C#Cc3ccccc3)cc2)cc1)c1ccc(Oc2ccc(C#Cc3ccccc3)cc2)cc1. The van der Waals surface area contributed by atoms with E-state index < -0.39 is 0 Å². The fraction of sp³-hybridized carbons (Fsp3) is 0. The van der Waals surface area contributed by atoms with Gasteiger partial charge in [-0.05, 0) is 121 Å². The zero-order chi connectivity index (χ0) is 30.0. The molecule has 0 unspecified atom stereocenters. The zero-order valence-corrected chi connectivity index (χ0v) is 23.7. The molecule has 0 spiro atoms. The van der Waals surface area contributed by atoms with Gasteiger partial charge in [0.25, 0.3) is 0 Å². The maximum Gasteiger partial charge on any atom is 0.193 e. The molecule has 0 saturated heterocycles. The lowest BCUT2D eigenvalue weighted by molar-refractivity contribution is 0.103. The van der Waals surface area contributed by atoms with Gasteiger partial charge in [-0.1, -0.05) is 60.1 Å². The fourth-order valence-electron chi connectivity index (χ4n) is 4.33. The number of hydrogen-bond donors (Lipinski definition) is 0. The molecule has 44 heavy (non-hydrogen) atoms. The Morgan fingerprint density at radius 1 is 0.341 bits per heavy atom. The topological polar surface area (TPSA) is 35.5 Å². The van der Waals surface area contributed by atoms with Crippen LogP contribution in [0.1, 0.15) is 38.2 Å². The van der Waals surface area contributed by atoms with Gasteiger partial charge in [-0.15, -0.1) is 0 Å². The maximum atomic E-state index is 13.1. The zero-order valence-electron chi connectivity index (χ0n) is 23.7. The van der Waals surface area contributed by atoms with Crippen molar-refractivity contribution < 1.29 is 14.3 Å². The highest BCUT2D eigenvalue weighted by Gasteiger charge is 2.10. The molecule has 0 aliphatic heterocycles. The van der Waals surface area contributed by atoms with E-state index in [4.69, 9.17) is 9.47 Å². The number of benzene rings is 6. The van der Waals surface area contributed by atoms with Crippen molar-refractivity contribution in [2.24, 2.45) is 0 Å². The quantitative estimate of drug-likeness (QED) is 0.149. The van der Waals surface area contributed by atoms with Crippen LogP contribution >= 0.6 is 0 Å². The van der Waals surface area contributed by atoms with Crippen LogP contribution in [-0.2, 0) is 0 Å². The number of ketones is 1. The fourth-order valence-corrected chi connectivity index (χ4v) is 4.33. The Kier molecular flexibility index (Phi) is 8.60. The van der Waals surface area contributed by atoms with Crippen molar-refractivity contribution >= 4 is 5.78 Å². The number of hydrogen-bond acceptors (Lipinski definition) is 3. The molecule has 6 rings (SSSR count). The van der Waals surface area contributed by atoms with E-state index >= 15 is 0 Å².